The third-order valence-corrected chi connectivity index (χ3v) is 3.57. The fourth-order valence-corrected chi connectivity index (χ4v) is 2.62. The summed E-state index contributed by atoms with van der Waals surface area (Å²) >= 11 is 7.00. The first kappa shape index (κ1) is 11.5. The molecule has 0 aliphatic carbocycles. The molecule has 0 spiro atoms. The number of halogens is 1. The lowest BCUT2D eigenvalue weighted by molar-refractivity contribution is -0.144. The van der Waals surface area contributed by atoms with Crippen LogP contribution < -0.4 is 0 Å². The Kier molecular flexibility index (Phi) is 3.56. The number of hydrogen-bond acceptors (Lipinski definition) is 4. The molecule has 16 heavy (non-hydrogen) atoms. The Bertz CT molecular complexity index is 401. The van der Waals surface area contributed by atoms with Gasteiger partial charge < -0.3 is 0 Å². The molecule has 0 unspecified atom stereocenters. The summed E-state index contributed by atoms with van der Waals surface area (Å²) < 4.78 is 0.435. The van der Waals surface area contributed by atoms with Gasteiger partial charge in [0.1, 0.15) is 0 Å². The predicted molar refractivity (Wildman–Crippen MR) is 61.1 cm³/mol. The van der Waals surface area contributed by atoms with Crippen LogP contribution in [0.4, 0.5) is 0 Å². The van der Waals surface area contributed by atoms with Gasteiger partial charge in [0.2, 0.25) is 11.8 Å². The van der Waals surface area contributed by atoms with E-state index in [2.05, 4.69) is 4.98 Å². The summed E-state index contributed by atoms with van der Waals surface area (Å²) in [4.78, 5) is 29.4. The Hall–Kier alpha value is -0.940. The van der Waals surface area contributed by atoms with Crippen LogP contribution in [0.5, 0.6) is 0 Å². The SMILES string of the molecule is O=C1CCCCC(=O)N1Cc1cnc(Cl)s1. The van der Waals surface area contributed by atoms with Crippen molar-refractivity contribution in [1.29, 1.82) is 0 Å². The molecule has 0 N–H and O–H groups in total. The Balaban J connectivity index is 2.11. The Labute approximate surface area is 102 Å². The van der Waals surface area contributed by atoms with Gasteiger partial charge in [-0.2, -0.15) is 0 Å². The van der Waals surface area contributed by atoms with Crippen LogP contribution in [0.15, 0.2) is 6.20 Å². The third-order valence-electron chi connectivity index (χ3n) is 2.47. The van der Waals surface area contributed by atoms with Gasteiger partial charge in [0.15, 0.2) is 4.47 Å². The quantitative estimate of drug-likeness (QED) is 0.765. The van der Waals surface area contributed by atoms with Crippen molar-refractivity contribution in [2.45, 2.75) is 32.2 Å². The van der Waals surface area contributed by atoms with Gasteiger partial charge in [0.25, 0.3) is 0 Å². The van der Waals surface area contributed by atoms with Gasteiger partial charge in [-0.1, -0.05) is 11.6 Å². The predicted octanol–water partition coefficient (Wildman–Crippen LogP) is 2.23. The minimum absolute atomic E-state index is 0.0907. The van der Waals surface area contributed by atoms with Crippen LogP contribution in [0, 0.1) is 0 Å². The molecule has 6 heteroatoms. The summed E-state index contributed by atoms with van der Waals surface area (Å²) in [7, 11) is 0. The minimum Gasteiger partial charge on any atom is -0.277 e. The minimum atomic E-state index is -0.0907. The molecule has 1 aromatic rings. The standard InChI is InChI=1S/C10H11ClN2O2S/c11-10-12-5-7(16-10)6-13-8(14)3-1-2-4-9(13)15/h5H,1-4,6H2. The topological polar surface area (TPSA) is 50.3 Å². The molecule has 4 nitrogen and oxygen atoms in total. The fraction of sp³-hybridized carbons (Fsp3) is 0.500. The maximum Gasteiger partial charge on any atom is 0.229 e. The molecular weight excluding hydrogens is 248 g/mol. The molecule has 2 rings (SSSR count). The van der Waals surface area contributed by atoms with Crippen LogP contribution in [-0.4, -0.2) is 21.7 Å². The summed E-state index contributed by atoms with van der Waals surface area (Å²) in [5.41, 5.74) is 0. The van der Waals surface area contributed by atoms with Crippen LogP contribution in [0.3, 0.4) is 0 Å². The second-order valence-corrected chi connectivity index (χ2v) is 5.36. The van der Waals surface area contributed by atoms with Crippen molar-refractivity contribution < 1.29 is 9.59 Å². The molecule has 86 valence electrons. The zero-order valence-electron chi connectivity index (χ0n) is 8.61. The summed E-state index contributed by atoms with van der Waals surface area (Å²) in [6, 6.07) is 0. The number of nitrogens with zero attached hydrogens (tertiary/aromatic N) is 2. The molecule has 2 heterocycles. The van der Waals surface area contributed by atoms with Crippen molar-refractivity contribution in [3.63, 3.8) is 0 Å². The number of amides is 2. The van der Waals surface area contributed by atoms with Crippen LogP contribution in [-0.2, 0) is 16.1 Å². The van der Waals surface area contributed by atoms with Crippen LogP contribution in [0.1, 0.15) is 30.6 Å². The molecule has 0 radical (unpaired) electrons. The average molecular weight is 259 g/mol. The van der Waals surface area contributed by atoms with E-state index < -0.39 is 0 Å². The van der Waals surface area contributed by atoms with Crippen LogP contribution >= 0.6 is 22.9 Å². The largest absolute Gasteiger partial charge is 0.277 e. The lowest BCUT2D eigenvalue weighted by Crippen LogP contribution is -2.34. The lowest BCUT2D eigenvalue weighted by Gasteiger charge is -2.17. The Morgan fingerprint density at radius 1 is 1.31 bits per heavy atom. The van der Waals surface area contributed by atoms with Gasteiger partial charge in [0, 0.05) is 23.9 Å². The van der Waals surface area contributed by atoms with E-state index in [0.29, 0.717) is 23.9 Å². The zero-order valence-corrected chi connectivity index (χ0v) is 10.2. The zero-order chi connectivity index (χ0) is 11.5. The normalized spacial score (nSPS) is 17.7. The second-order valence-electron chi connectivity index (χ2n) is 3.66. The van der Waals surface area contributed by atoms with Crippen molar-refractivity contribution in [3.05, 3.63) is 15.5 Å². The molecule has 1 aliphatic rings. The first-order valence-corrected chi connectivity index (χ1v) is 6.29. The van der Waals surface area contributed by atoms with Gasteiger partial charge >= 0.3 is 0 Å². The molecular formula is C10H11ClN2O2S. The molecule has 0 atom stereocenters. The van der Waals surface area contributed by atoms with Crippen molar-refractivity contribution in [3.8, 4) is 0 Å². The summed E-state index contributed by atoms with van der Waals surface area (Å²) in [6.45, 7) is 0.308. The number of carbonyl (C=O) groups excluding carboxylic acids is 2. The monoisotopic (exact) mass is 258 g/mol. The van der Waals surface area contributed by atoms with Crippen LogP contribution in [0.2, 0.25) is 4.47 Å². The van der Waals surface area contributed by atoms with E-state index in [1.165, 1.54) is 16.2 Å². The second kappa shape index (κ2) is 4.93. The van der Waals surface area contributed by atoms with E-state index in [4.69, 9.17) is 11.6 Å². The smallest absolute Gasteiger partial charge is 0.229 e. The van der Waals surface area contributed by atoms with Gasteiger partial charge in [-0.3, -0.25) is 14.5 Å². The number of imide groups is 1. The molecule has 2 amide bonds. The molecule has 1 aromatic heterocycles. The van der Waals surface area contributed by atoms with E-state index in [1.807, 2.05) is 0 Å². The molecule has 1 fully saturated rings. The number of hydrogen-bond donors (Lipinski definition) is 0. The average Bonchev–Trinajstić information content (AvgIpc) is 2.59. The molecule has 0 aromatic carbocycles. The number of rotatable bonds is 2. The first-order valence-electron chi connectivity index (χ1n) is 5.10. The van der Waals surface area contributed by atoms with Gasteiger partial charge in [-0.05, 0) is 12.8 Å². The van der Waals surface area contributed by atoms with Crippen LogP contribution in [0.25, 0.3) is 0 Å². The van der Waals surface area contributed by atoms with Gasteiger partial charge in [0.05, 0.1) is 6.54 Å². The Morgan fingerprint density at radius 2 is 1.94 bits per heavy atom. The Morgan fingerprint density at radius 3 is 2.44 bits per heavy atom. The highest BCUT2D eigenvalue weighted by molar-refractivity contribution is 7.15. The number of thiazole rings is 1. The number of aromatic nitrogens is 1. The lowest BCUT2D eigenvalue weighted by atomic mass is 10.2. The molecule has 0 bridgehead atoms. The fourth-order valence-electron chi connectivity index (χ4n) is 1.65. The van der Waals surface area contributed by atoms with E-state index in [0.717, 1.165) is 17.7 Å². The van der Waals surface area contributed by atoms with E-state index in [9.17, 15) is 9.59 Å². The molecule has 0 saturated carbocycles. The van der Waals surface area contributed by atoms with E-state index >= 15 is 0 Å². The van der Waals surface area contributed by atoms with Crippen molar-refractivity contribution >= 4 is 34.8 Å². The van der Waals surface area contributed by atoms with Crippen molar-refractivity contribution in [2.24, 2.45) is 0 Å². The maximum absolute atomic E-state index is 11.7. The molecule has 1 saturated heterocycles. The highest BCUT2D eigenvalue weighted by atomic mass is 35.5. The number of likely N-dealkylation sites (tertiary alicyclic amines) is 1. The highest BCUT2D eigenvalue weighted by Crippen LogP contribution is 2.21. The van der Waals surface area contributed by atoms with Crippen molar-refractivity contribution in [2.75, 3.05) is 0 Å². The summed E-state index contributed by atoms with van der Waals surface area (Å²) in [6.07, 6.45) is 4.12. The summed E-state index contributed by atoms with van der Waals surface area (Å²) in [5.74, 6) is -0.181. The first-order chi connectivity index (χ1) is 7.66. The maximum atomic E-state index is 11.7. The van der Waals surface area contributed by atoms with E-state index in [-0.39, 0.29) is 11.8 Å². The third kappa shape index (κ3) is 2.59. The number of carbonyl (C=O) groups is 2. The van der Waals surface area contributed by atoms with Crippen molar-refractivity contribution in [1.82, 2.24) is 9.88 Å². The van der Waals surface area contributed by atoms with E-state index in [1.54, 1.807) is 6.20 Å². The van der Waals surface area contributed by atoms with Gasteiger partial charge in [-0.25, -0.2) is 4.98 Å². The molecule has 1 aliphatic heterocycles. The summed E-state index contributed by atoms with van der Waals surface area (Å²) in [5, 5.41) is 0. The highest BCUT2D eigenvalue weighted by Gasteiger charge is 2.24. The van der Waals surface area contributed by atoms with Gasteiger partial charge in [-0.15, -0.1) is 11.3 Å².